The average molecular weight is 946 g/mol. The number of pyridine rings is 1. The van der Waals surface area contributed by atoms with Gasteiger partial charge < -0.3 is 42.0 Å². The van der Waals surface area contributed by atoms with Crippen molar-refractivity contribution in [1.29, 1.82) is 0 Å². The largest absolute Gasteiger partial charge is 0.466 e. The van der Waals surface area contributed by atoms with E-state index in [-0.39, 0.29) is 21.3 Å². The van der Waals surface area contributed by atoms with Crippen molar-refractivity contribution in [2.75, 3.05) is 16.5 Å². The highest BCUT2D eigenvalue weighted by Crippen LogP contribution is 2.45. The summed E-state index contributed by atoms with van der Waals surface area (Å²) in [6.45, 7) is 27.0. The maximum Gasteiger partial charge on any atom is 0.466 e. The fourth-order valence-electron chi connectivity index (χ4n) is 9.50. The van der Waals surface area contributed by atoms with Crippen molar-refractivity contribution in [2.24, 2.45) is 0 Å². The van der Waals surface area contributed by atoms with Gasteiger partial charge in [0.2, 0.25) is 0 Å². The smallest absolute Gasteiger partial charge is 0.452 e. The van der Waals surface area contributed by atoms with Gasteiger partial charge in [-0.1, -0.05) is 150 Å². The molecule has 71 heavy (non-hydrogen) atoms. The van der Waals surface area contributed by atoms with Crippen molar-refractivity contribution in [2.45, 2.75) is 118 Å². The van der Waals surface area contributed by atoms with Crippen LogP contribution < -0.4 is 20.7 Å². The number of aromatic nitrogens is 2. The van der Waals surface area contributed by atoms with E-state index in [4.69, 9.17) is 37.2 Å². The van der Waals surface area contributed by atoms with Crippen molar-refractivity contribution < 1.29 is 32.2 Å². The molecule has 10 rings (SSSR count). The van der Waals surface area contributed by atoms with Crippen molar-refractivity contribution in [3.05, 3.63) is 145 Å². The van der Waals surface area contributed by atoms with E-state index in [2.05, 4.69) is 213 Å². The number of nitrogens with zero attached hydrogens (tertiary/aromatic N) is 4. The Balaban J connectivity index is 0.955. The molecule has 2 fully saturated rings. The summed E-state index contributed by atoms with van der Waals surface area (Å²) in [6, 6.07) is 44.8. The zero-order valence-electron chi connectivity index (χ0n) is 43.4. The minimum atomic E-state index is -0.730. The van der Waals surface area contributed by atoms with E-state index in [0.29, 0.717) is 19.9 Å². The quantitative estimate of drug-likeness (QED) is 0.130. The molecule has 0 unspecified atom stereocenters. The number of benzene rings is 5. The summed E-state index contributed by atoms with van der Waals surface area (Å²) in [7, 11) is -3.53. The van der Waals surface area contributed by atoms with E-state index in [1.807, 2.05) is 18.3 Å². The van der Waals surface area contributed by atoms with Crippen LogP contribution in [0.15, 0.2) is 134 Å². The topological polar surface area (TPSA) is 88.9 Å². The molecule has 5 heterocycles. The lowest BCUT2D eigenvalue weighted by molar-refractivity contribution is 0.107. The summed E-state index contributed by atoms with van der Waals surface area (Å²) >= 11 is 0. The highest BCUT2D eigenvalue weighted by molar-refractivity contribution is 6.83. The molecule has 3 aliphatic heterocycles. The van der Waals surface area contributed by atoms with Crippen LogP contribution >= 0.6 is 0 Å². The van der Waals surface area contributed by atoms with Crippen molar-refractivity contribution in [1.82, 2.24) is 9.55 Å². The number of hydrogen-bond acceptors (Lipinski definition) is 10. The first-order chi connectivity index (χ1) is 33.7. The van der Waals surface area contributed by atoms with Crippen LogP contribution in [-0.2, 0) is 45.4 Å². The average Bonchev–Trinajstić information content (AvgIpc) is 3.89. The van der Waals surface area contributed by atoms with Gasteiger partial charge in [0, 0.05) is 28.3 Å². The number of rotatable bonds is 9. The normalized spacial score (nSPS) is 16.3. The highest BCUT2D eigenvalue weighted by atomic mass is 16.7. The molecule has 2 saturated heterocycles. The Morgan fingerprint density at radius 1 is 0.465 bits per heavy atom. The summed E-state index contributed by atoms with van der Waals surface area (Å²) < 4.78 is 48.8. The molecule has 5 aromatic carbocycles. The van der Waals surface area contributed by atoms with Crippen molar-refractivity contribution >= 4 is 98.2 Å². The lowest BCUT2D eigenvalue weighted by Crippen LogP contribution is -2.61. The number of fused-ring (bicyclic) bond motifs is 4. The van der Waals surface area contributed by atoms with Crippen LogP contribution in [0.4, 0.5) is 22.7 Å². The molecule has 360 valence electrons. The van der Waals surface area contributed by atoms with Gasteiger partial charge in [0.05, 0.1) is 35.6 Å². The van der Waals surface area contributed by atoms with Crippen molar-refractivity contribution in [3.8, 4) is 5.82 Å². The molecule has 17 heteroatoms. The molecule has 0 amide bonds. The second-order valence-electron chi connectivity index (χ2n) is 23.7. The molecule has 2 aromatic heterocycles. The van der Waals surface area contributed by atoms with E-state index in [1.165, 1.54) is 10.8 Å². The highest BCUT2D eigenvalue weighted by Gasteiger charge is 2.53. The Labute approximate surface area is 422 Å². The molecule has 0 aliphatic carbocycles. The molecule has 0 N–H and O–H groups in total. The number of ether oxygens (including phenoxy) is 1. The fourth-order valence-corrected chi connectivity index (χ4v) is 9.50. The Morgan fingerprint density at radius 3 is 1.52 bits per heavy atom. The fraction of sp³-hybridized carbons (Fsp3) is 0.352. The van der Waals surface area contributed by atoms with Gasteiger partial charge in [0.25, 0.3) is 0 Å². The molecule has 0 radical (unpaired) electrons. The van der Waals surface area contributed by atoms with Gasteiger partial charge >= 0.3 is 42.7 Å². The summed E-state index contributed by atoms with van der Waals surface area (Å²) in [5.41, 5.74) is 10.3. The maximum atomic E-state index is 6.77. The van der Waals surface area contributed by atoms with E-state index >= 15 is 0 Å². The Kier molecular flexibility index (Phi) is 13.2. The van der Waals surface area contributed by atoms with Crippen LogP contribution in [0.5, 0.6) is 0 Å². The molecule has 11 nitrogen and oxygen atoms in total. The van der Waals surface area contributed by atoms with Crippen LogP contribution in [0.2, 0.25) is 21.3 Å². The summed E-state index contributed by atoms with van der Waals surface area (Å²) in [6.07, 6.45) is 1.84. The molecule has 0 atom stereocenters. The maximum absolute atomic E-state index is 6.77. The van der Waals surface area contributed by atoms with Gasteiger partial charge in [0.1, 0.15) is 12.5 Å². The predicted octanol–water partition coefficient (Wildman–Crippen LogP) is 11.8. The van der Waals surface area contributed by atoms with Gasteiger partial charge in [0.15, 0.2) is 0 Å². The molecule has 3 aliphatic rings. The van der Waals surface area contributed by atoms with E-state index in [9.17, 15) is 0 Å². The van der Waals surface area contributed by atoms with Gasteiger partial charge in [-0.3, -0.25) is 4.57 Å². The standard InChI is InChI=1S/C54H64B6N4O7/c1-51(2,3)57-66-55(67-58(70-57)52(4,5)6)40-32-41(56-68-59(53(7,8)9)71-60(69-56)54(10,11)12)34-43(33-40)63-37-62(47-24-15-16-25-48(47)63)42-21-19-20-38(30-42)35-65-36-39-27-28-45-44-22-13-14-23-46(44)64(49(45)31-39)50-26-17-18-29-61-50/h13-34H,35-37H2,1-12H3. The molecular weight excluding hydrogens is 881 g/mol. The minimum Gasteiger partial charge on any atom is -0.452 e. The van der Waals surface area contributed by atoms with Gasteiger partial charge in [-0.25, -0.2) is 4.98 Å². The zero-order chi connectivity index (χ0) is 50.0. The Morgan fingerprint density at radius 2 is 0.972 bits per heavy atom. The second kappa shape index (κ2) is 19.0. The number of hydrogen-bond donors (Lipinski definition) is 0. The van der Waals surface area contributed by atoms with Gasteiger partial charge in [-0.15, -0.1) is 0 Å². The molecule has 0 saturated carbocycles. The Hall–Kier alpha value is -5.24. The van der Waals surface area contributed by atoms with E-state index in [0.717, 1.165) is 61.7 Å². The molecule has 0 bridgehead atoms. The summed E-state index contributed by atoms with van der Waals surface area (Å²) in [5, 5.41) is 1.12. The predicted molar refractivity (Wildman–Crippen MR) is 295 cm³/mol. The molecular formula is C54H64B6N4O7. The van der Waals surface area contributed by atoms with Crippen molar-refractivity contribution in [3.63, 3.8) is 0 Å². The van der Waals surface area contributed by atoms with Gasteiger partial charge in [-0.2, -0.15) is 0 Å². The van der Waals surface area contributed by atoms with E-state index in [1.54, 1.807) is 0 Å². The summed E-state index contributed by atoms with van der Waals surface area (Å²) in [4.78, 5) is 9.41. The molecule has 0 spiro atoms. The number of anilines is 4. The van der Waals surface area contributed by atoms with Crippen LogP contribution in [0, 0.1) is 0 Å². The second-order valence-corrected chi connectivity index (χ2v) is 23.7. The van der Waals surface area contributed by atoms with Crippen LogP contribution in [0.25, 0.3) is 27.6 Å². The molecule has 7 aromatic rings. The monoisotopic (exact) mass is 947 g/mol. The number of para-hydroxylation sites is 3. The van der Waals surface area contributed by atoms with Crippen LogP contribution in [0.3, 0.4) is 0 Å². The third kappa shape index (κ3) is 10.2. The first-order valence-corrected chi connectivity index (χ1v) is 25.0. The van der Waals surface area contributed by atoms with Gasteiger partial charge in [-0.05, 0) is 104 Å². The lowest BCUT2D eigenvalue weighted by Gasteiger charge is -2.42. The minimum absolute atomic E-state index is 0.316. The first-order valence-electron chi connectivity index (χ1n) is 25.0. The Bertz CT molecular complexity index is 2930. The van der Waals surface area contributed by atoms with Crippen LogP contribution in [-0.4, -0.2) is 58.9 Å². The first kappa shape index (κ1) is 49.3. The summed E-state index contributed by atoms with van der Waals surface area (Å²) in [5.74, 6) is 0.889. The SMILES string of the molecule is CC(C)(C)B1OB(c2cc(B3OB(C(C)(C)C)OB(C(C)(C)C)O3)cc(N3CN(c4cccc(COCc5ccc6c7ccccc7n(-c7ccccn7)c6c5)c4)c4ccccc43)c2)OB(C(C)(C)C)O1. The third-order valence-corrected chi connectivity index (χ3v) is 13.3. The van der Waals surface area contributed by atoms with Crippen LogP contribution in [0.1, 0.15) is 94.2 Å². The zero-order valence-corrected chi connectivity index (χ0v) is 43.4. The lowest BCUT2D eigenvalue weighted by atomic mass is 9.49. The third-order valence-electron chi connectivity index (χ3n) is 13.3. The van der Waals surface area contributed by atoms with E-state index < -0.39 is 42.7 Å².